The van der Waals surface area contributed by atoms with Crippen LogP contribution in [0.3, 0.4) is 0 Å². The van der Waals surface area contributed by atoms with Crippen LogP contribution in [-0.2, 0) is 4.43 Å². The van der Waals surface area contributed by atoms with Gasteiger partial charge in [-0.05, 0) is 61.1 Å². The van der Waals surface area contributed by atoms with Gasteiger partial charge in [-0.1, -0.05) is 25.9 Å². The van der Waals surface area contributed by atoms with Gasteiger partial charge in [0.2, 0.25) is 5.13 Å². The van der Waals surface area contributed by atoms with Gasteiger partial charge in [0.05, 0.1) is 6.61 Å². The lowest BCUT2D eigenvalue weighted by Crippen LogP contribution is -2.44. The minimum Gasteiger partial charge on any atom is -0.469 e. The van der Waals surface area contributed by atoms with E-state index in [2.05, 4.69) is 44.1 Å². The van der Waals surface area contributed by atoms with E-state index in [1.807, 2.05) is 0 Å². The normalized spacial score (nSPS) is 23.5. The van der Waals surface area contributed by atoms with Crippen LogP contribution in [0.15, 0.2) is 0 Å². The van der Waals surface area contributed by atoms with E-state index in [-0.39, 0.29) is 5.04 Å². The molecule has 0 aliphatic heterocycles. The Balaban J connectivity index is 1.74. The van der Waals surface area contributed by atoms with Gasteiger partial charge in [0, 0.05) is 6.10 Å². The van der Waals surface area contributed by atoms with Crippen molar-refractivity contribution in [3.05, 3.63) is 0 Å². The number of aromatic nitrogens is 2. The van der Waals surface area contributed by atoms with Crippen LogP contribution in [-0.4, -0.2) is 31.2 Å². The Morgan fingerprint density at radius 3 is 2.32 bits per heavy atom. The van der Waals surface area contributed by atoms with Crippen LogP contribution in [0.2, 0.25) is 18.1 Å². The molecule has 0 aromatic carbocycles. The van der Waals surface area contributed by atoms with Gasteiger partial charge in [-0.2, -0.15) is 0 Å². The molecule has 22 heavy (non-hydrogen) atoms. The van der Waals surface area contributed by atoms with E-state index in [0.717, 1.165) is 25.7 Å². The summed E-state index contributed by atoms with van der Waals surface area (Å²) in [6.07, 6.45) is 5.02. The SMILES string of the molecule is CC(C)(C)[Si](C)(C)OC1CCC(COc2nnc(N)s2)CC1. The number of nitrogens with zero attached hydrogens (tertiary/aromatic N) is 2. The molecule has 0 radical (unpaired) electrons. The lowest BCUT2D eigenvalue weighted by atomic mass is 9.88. The minimum absolute atomic E-state index is 0.282. The van der Waals surface area contributed by atoms with Crippen LogP contribution >= 0.6 is 11.3 Å². The summed E-state index contributed by atoms with van der Waals surface area (Å²) in [6, 6.07) is 0. The summed E-state index contributed by atoms with van der Waals surface area (Å²) < 4.78 is 12.2. The highest BCUT2D eigenvalue weighted by molar-refractivity contribution is 7.16. The quantitative estimate of drug-likeness (QED) is 0.816. The zero-order valence-corrected chi connectivity index (χ0v) is 16.2. The molecule has 0 amide bonds. The van der Waals surface area contributed by atoms with Crippen LogP contribution in [0, 0.1) is 5.92 Å². The fraction of sp³-hybridized carbons (Fsp3) is 0.867. The van der Waals surface area contributed by atoms with Gasteiger partial charge in [-0.15, -0.1) is 5.10 Å². The van der Waals surface area contributed by atoms with Crippen molar-refractivity contribution >= 4 is 24.8 Å². The molecule has 1 aromatic rings. The summed E-state index contributed by atoms with van der Waals surface area (Å²) in [5.41, 5.74) is 5.55. The molecule has 1 saturated carbocycles. The number of nitrogen functional groups attached to an aromatic ring is 1. The molecule has 0 saturated heterocycles. The molecule has 1 fully saturated rings. The summed E-state index contributed by atoms with van der Waals surface area (Å²) in [5.74, 6) is 0.587. The third-order valence-electron chi connectivity index (χ3n) is 4.93. The van der Waals surface area contributed by atoms with E-state index < -0.39 is 8.32 Å². The molecular formula is C15H29N3O2SSi. The molecule has 126 valence electrons. The highest BCUT2D eigenvalue weighted by Gasteiger charge is 2.39. The average molecular weight is 344 g/mol. The van der Waals surface area contributed by atoms with Crippen molar-refractivity contribution in [3.8, 4) is 5.19 Å². The number of anilines is 1. The Labute approximate surface area is 138 Å². The van der Waals surface area contributed by atoms with E-state index in [1.54, 1.807) is 0 Å². The zero-order chi connectivity index (χ0) is 16.4. The van der Waals surface area contributed by atoms with Gasteiger partial charge < -0.3 is 14.9 Å². The standard InChI is InChI=1S/C15H29N3O2SSi/c1-15(2,3)22(4,5)20-12-8-6-11(7-9-12)10-19-14-18-17-13(16)21-14/h11-12H,6-10H2,1-5H3,(H2,16,17). The largest absolute Gasteiger partial charge is 0.469 e. The van der Waals surface area contributed by atoms with Gasteiger partial charge in [0.1, 0.15) is 0 Å². The van der Waals surface area contributed by atoms with E-state index in [9.17, 15) is 0 Å². The van der Waals surface area contributed by atoms with Crippen molar-refractivity contribution < 1.29 is 9.16 Å². The molecule has 0 bridgehead atoms. The summed E-state index contributed by atoms with van der Waals surface area (Å²) >= 11 is 1.30. The highest BCUT2D eigenvalue weighted by atomic mass is 32.1. The lowest BCUT2D eigenvalue weighted by Gasteiger charge is -2.41. The first kappa shape index (κ1) is 17.7. The molecule has 1 heterocycles. The van der Waals surface area contributed by atoms with Crippen molar-refractivity contribution in [2.24, 2.45) is 5.92 Å². The second-order valence-electron chi connectivity index (χ2n) is 7.74. The maximum absolute atomic E-state index is 6.52. The van der Waals surface area contributed by atoms with Gasteiger partial charge >= 0.3 is 0 Å². The van der Waals surface area contributed by atoms with Gasteiger partial charge in [-0.25, -0.2) is 0 Å². The Morgan fingerprint density at radius 1 is 1.18 bits per heavy atom. The summed E-state index contributed by atoms with van der Waals surface area (Å²) in [4.78, 5) is 0. The molecule has 2 N–H and O–H groups in total. The van der Waals surface area contributed by atoms with Gasteiger partial charge in [0.15, 0.2) is 8.32 Å². The second-order valence-corrected chi connectivity index (χ2v) is 13.5. The van der Waals surface area contributed by atoms with Crippen molar-refractivity contribution in [1.82, 2.24) is 10.2 Å². The van der Waals surface area contributed by atoms with Gasteiger partial charge in [0.25, 0.3) is 5.19 Å². The number of rotatable bonds is 5. The van der Waals surface area contributed by atoms with Crippen LogP contribution in [0.4, 0.5) is 5.13 Å². The molecule has 7 heteroatoms. The van der Waals surface area contributed by atoms with E-state index >= 15 is 0 Å². The Morgan fingerprint density at radius 2 is 1.82 bits per heavy atom. The minimum atomic E-state index is -1.64. The fourth-order valence-electron chi connectivity index (χ4n) is 2.48. The molecular weight excluding hydrogens is 314 g/mol. The third kappa shape index (κ3) is 4.66. The number of ether oxygens (including phenoxy) is 1. The maximum atomic E-state index is 6.52. The Kier molecular flexibility index (Phi) is 5.50. The van der Waals surface area contributed by atoms with Gasteiger partial charge in [-0.3, -0.25) is 0 Å². The number of hydrogen-bond donors (Lipinski definition) is 1. The van der Waals surface area contributed by atoms with Crippen LogP contribution in [0.1, 0.15) is 46.5 Å². The average Bonchev–Trinajstić information content (AvgIpc) is 2.82. The highest BCUT2D eigenvalue weighted by Crippen LogP contribution is 2.39. The maximum Gasteiger partial charge on any atom is 0.295 e. The number of hydrogen-bond acceptors (Lipinski definition) is 6. The molecule has 1 aliphatic carbocycles. The first-order valence-electron chi connectivity index (χ1n) is 8.07. The molecule has 5 nitrogen and oxygen atoms in total. The predicted octanol–water partition coefficient (Wildman–Crippen LogP) is 4.08. The molecule has 1 aromatic heterocycles. The van der Waals surface area contributed by atoms with Crippen LogP contribution < -0.4 is 10.5 Å². The lowest BCUT2D eigenvalue weighted by molar-refractivity contribution is 0.0984. The third-order valence-corrected chi connectivity index (χ3v) is 10.1. The summed E-state index contributed by atoms with van der Waals surface area (Å²) in [6.45, 7) is 12.3. The second kappa shape index (κ2) is 6.84. The summed E-state index contributed by atoms with van der Waals surface area (Å²) in [5, 5.41) is 8.98. The Hall–Kier alpha value is -0.663. The predicted molar refractivity (Wildman–Crippen MR) is 93.8 cm³/mol. The fourth-order valence-corrected chi connectivity index (χ4v) is 4.37. The Bertz CT molecular complexity index is 479. The monoisotopic (exact) mass is 343 g/mol. The topological polar surface area (TPSA) is 70.3 Å². The molecule has 1 aliphatic rings. The first-order chi connectivity index (χ1) is 10.2. The molecule has 0 unspecified atom stereocenters. The van der Waals surface area contributed by atoms with Crippen molar-refractivity contribution in [1.29, 1.82) is 0 Å². The van der Waals surface area contributed by atoms with E-state index in [0.29, 0.717) is 29.0 Å². The number of nitrogens with two attached hydrogens (primary N) is 1. The molecule has 0 atom stereocenters. The molecule has 2 rings (SSSR count). The van der Waals surface area contributed by atoms with Crippen molar-refractivity contribution in [2.75, 3.05) is 12.3 Å². The van der Waals surface area contributed by atoms with Crippen LogP contribution in [0.5, 0.6) is 5.19 Å². The summed E-state index contributed by atoms with van der Waals surface area (Å²) in [7, 11) is -1.64. The first-order valence-corrected chi connectivity index (χ1v) is 11.8. The van der Waals surface area contributed by atoms with E-state index in [1.165, 1.54) is 11.3 Å². The zero-order valence-electron chi connectivity index (χ0n) is 14.4. The van der Waals surface area contributed by atoms with E-state index in [4.69, 9.17) is 14.9 Å². The van der Waals surface area contributed by atoms with Crippen molar-refractivity contribution in [2.45, 2.75) is 70.7 Å². The smallest absolute Gasteiger partial charge is 0.295 e. The molecule has 0 spiro atoms. The van der Waals surface area contributed by atoms with Crippen molar-refractivity contribution in [3.63, 3.8) is 0 Å². The van der Waals surface area contributed by atoms with Crippen LogP contribution in [0.25, 0.3) is 0 Å².